The minimum Gasteiger partial charge on any atom is -0.387 e. The van der Waals surface area contributed by atoms with Crippen molar-refractivity contribution in [1.29, 1.82) is 0 Å². The van der Waals surface area contributed by atoms with Crippen LogP contribution >= 0.6 is 31.9 Å². The molecule has 0 radical (unpaired) electrons. The first-order chi connectivity index (χ1) is 9.90. The highest BCUT2D eigenvalue weighted by molar-refractivity contribution is 9.28. The fraction of sp³-hybridized carbons (Fsp3) is 0.333. The standard InChI is InChI=1S/C12H12Br2N2O5/c13-7(14)3-1-2-6-9(18)10(19)11(21-6)16-5-4-8(17)15-12(16)20/h1-6,9-11,18-19H,(H,15,17,20)/b2-1+/t6-,9-,10-,11?/m1/s1. The molecule has 0 saturated carbocycles. The van der Waals surface area contributed by atoms with Crippen LogP contribution in [0.25, 0.3) is 0 Å². The zero-order valence-electron chi connectivity index (χ0n) is 10.5. The molecule has 7 nitrogen and oxygen atoms in total. The van der Waals surface area contributed by atoms with Gasteiger partial charge in [-0.2, -0.15) is 0 Å². The third-order valence-corrected chi connectivity index (χ3v) is 3.45. The van der Waals surface area contributed by atoms with Crippen LogP contribution in [0.4, 0.5) is 0 Å². The molecular weight excluding hydrogens is 412 g/mol. The summed E-state index contributed by atoms with van der Waals surface area (Å²) in [6.07, 6.45) is 1.72. The monoisotopic (exact) mass is 422 g/mol. The molecule has 114 valence electrons. The average Bonchev–Trinajstić information content (AvgIpc) is 2.67. The minimum atomic E-state index is -1.29. The third-order valence-electron chi connectivity index (χ3n) is 2.92. The summed E-state index contributed by atoms with van der Waals surface area (Å²) in [5.74, 6) is 0. The van der Waals surface area contributed by atoms with E-state index >= 15 is 0 Å². The van der Waals surface area contributed by atoms with Crippen LogP contribution in [0.2, 0.25) is 0 Å². The summed E-state index contributed by atoms with van der Waals surface area (Å²) in [4.78, 5) is 24.8. The number of aromatic amines is 1. The number of aromatic nitrogens is 2. The molecule has 4 atom stereocenters. The van der Waals surface area contributed by atoms with Crippen LogP contribution in [-0.4, -0.2) is 38.1 Å². The number of H-pyrrole nitrogens is 1. The number of hydrogen-bond acceptors (Lipinski definition) is 5. The molecule has 1 saturated heterocycles. The summed E-state index contributed by atoms with van der Waals surface area (Å²) in [7, 11) is 0. The van der Waals surface area contributed by atoms with Gasteiger partial charge in [-0.25, -0.2) is 4.79 Å². The van der Waals surface area contributed by atoms with Gasteiger partial charge in [-0.05, 0) is 37.9 Å². The van der Waals surface area contributed by atoms with Gasteiger partial charge in [-0.15, -0.1) is 0 Å². The maximum absolute atomic E-state index is 11.7. The molecule has 21 heavy (non-hydrogen) atoms. The molecule has 2 heterocycles. The second-order valence-electron chi connectivity index (χ2n) is 4.33. The number of aliphatic hydroxyl groups excluding tert-OH is 2. The molecule has 1 fully saturated rings. The molecule has 0 bridgehead atoms. The first-order valence-electron chi connectivity index (χ1n) is 5.92. The number of hydrogen-bond donors (Lipinski definition) is 3. The maximum Gasteiger partial charge on any atom is 0.330 e. The summed E-state index contributed by atoms with van der Waals surface area (Å²) < 4.78 is 7.20. The number of nitrogens with zero attached hydrogens (tertiary/aromatic N) is 1. The highest BCUT2D eigenvalue weighted by atomic mass is 79.9. The Morgan fingerprint density at radius 1 is 1.33 bits per heavy atom. The van der Waals surface area contributed by atoms with Gasteiger partial charge in [0.25, 0.3) is 5.56 Å². The average molecular weight is 424 g/mol. The van der Waals surface area contributed by atoms with E-state index in [9.17, 15) is 19.8 Å². The fourth-order valence-electron chi connectivity index (χ4n) is 1.94. The predicted molar refractivity (Wildman–Crippen MR) is 82.3 cm³/mol. The van der Waals surface area contributed by atoms with Crippen molar-refractivity contribution in [3.05, 3.63) is 54.7 Å². The molecule has 0 amide bonds. The second kappa shape index (κ2) is 6.84. The molecule has 0 aliphatic carbocycles. The van der Waals surface area contributed by atoms with Crippen molar-refractivity contribution in [2.24, 2.45) is 0 Å². The summed E-state index contributed by atoms with van der Waals surface area (Å²) in [5, 5.41) is 19.9. The largest absolute Gasteiger partial charge is 0.387 e. The second-order valence-corrected chi connectivity index (χ2v) is 7.10. The Balaban J connectivity index is 2.23. The van der Waals surface area contributed by atoms with Gasteiger partial charge in [0.1, 0.15) is 18.3 Å². The summed E-state index contributed by atoms with van der Waals surface area (Å²) in [6, 6.07) is 1.14. The van der Waals surface area contributed by atoms with E-state index in [0.29, 0.717) is 3.39 Å². The fourth-order valence-corrected chi connectivity index (χ4v) is 2.25. The summed E-state index contributed by atoms with van der Waals surface area (Å²) in [5.41, 5.74) is -1.26. The van der Waals surface area contributed by atoms with Gasteiger partial charge in [-0.1, -0.05) is 12.2 Å². The van der Waals surface area contributed by atoms with Gasteiger partial charge >= 0.3 is 5.69 Å². The van der Waals surface area contributed by atoms with E-state index in [1.54, 1.807) is 18.2 Å². The van der Waals surface area contributed by atoms with Gasteiger partial charge in [0.05, 0.1) is 3.39 Å². The van der Waals surface area contributed by atoms with Gasteiger partial charge in [-0.3, -0.25) is 14.3 Å². The highest BCUT2D eigenvalue weighted by Crippen LogP contribution is 2.29. The Morgan fingerprint density at radius 2 is 2.05 bits per heavy atom. The van der Waals surface area contributed by atoms with Crippen molar-refractivity contribution in [2.45, 2.75) is 24.5 Å². The number of halogens is 2. The van der Waals surface area contributed by atoms with Crippen molar-refractivity contribution >= 4 is 31.9 Å². The number of rotatable bonds is 3. The Morgan fingerprint density at radius 3 is 2.67 bits per heavy atom. The molecule has 1 unspecified atom stereocenters. The zero-order chi connectivity index (χ0) is 15.6. The van der Waals surface area contributed by atoms with E-state index in [2.05, 4.69) is 36.8 Å². The Kier molecular flexibility index (Phi) is 5.33. The van der Waals surface area contributed by atoms with Crippen LogP contribution in [0.1, 0.15) is 6.23 Å². The topological polar surface area (TPSA) is 105 Å². The van der Waals surface area contributed by atoms with Crippen LogP contribution < -0.4 is 11.2 Å². The van der Waals surface area contributed by atoms with E-state index in [1.807, 2.05) is 0 Å². The lowest BCUT2D eigenvalue weighted by atomic mass is 10.1. The number of ether oxygens (including phenoxy) is 1. The molecule has 9 heteroatoms. The normalized spacial score (nSPS) is 29.0. The van der Waals surface area contributed by atoms with Crippen LogP contribution in [-0.2, 0) is 4.74 Å². The molecule has 0 aromatic carbocycles. The smallest absolute Gasteiger partial charge is 0.330 e. The van der Waals surface area contributed by atoms with E-state index in [-0.39, 0.29) is 0 Å². The summed E-state index contributed by atoms with van der Waals surface area (Å²) in [6.45, 7) is 0. The van der Waals surface area contributed by atoms with Crippen molar-refractivity contribution in [2.75, 3.05) is 0 Å². The van der Waals surface area contributed by atoms with Crippen molar-refractivity contribution < 1.29 is 14.9 Å². The molecule has 0 spiro atoms. The van der Waals surface area contributed by atoms with Gasteiger partial charge in [0.15, 0.2) is 6.23 Å². The predicted octanol–water partition coefficient (Wildman–Crippen LogP) is 0.343. The van der Waals surface area contributed by atoms with E-state index < -0.39 is 35.8 Å². The Labute approximate surface area is 135 Å². The molecule has 1 aliphatic heterocycles. The molecule has 1 aromatic rings. The lowest BCUT2D eigenvalue weighted by molar-refractivity contribution is -0.0297. The minimum absolute atomic E-state index is 0.548. The third kappa shape index (κ3) is 3.80. The SMILES string of the molecule is O=c1ccn(C2O[C@H](/C=C/C=C(Br)Br)[C@@H](O)[C@H]2O)c(=O)[nH]1. The van der Waals surface area contributed by atoms with Crippen LogP contribution in [0, 0.1) is 0 Å². The van der Waals surface area contributed by atoms with Crippen molar-refractivity contribution in [3.63, 3.8) is 0 Å². The van der Waals surface area contributed by atoms with Crippen LogP contribution in [0.3, 0.4) is 0 Å². The molecular formula is C12H12Br2N2O5. The van der Waals surface area contributed by atoms with Crippen LogP contribution in [0.15, 0.2) is 43.5 Å². The number of allylic oxidation sites excluding steroid dienone is 2. The molecule has 2 rings (SSSR count). The Hall–Kier alpha value is -1.00. The quantitative estimate of drug-likeness (QED) is 0.608. The maximum atomic E-state index is 11.7. The van der Waals surface area contributed by atoms with Gasteiger partial charge in [0, 0.05) is 12.3 Å². The van der Waals surface area contributed by atoms with E-state index in [4.69, 9.17) is 4.74 Å². The van der Waals surface area contributed by atoms with E-state index in [1.165, 1.54) is 6.20 Å². The highest BCUT2D eigenvalue weighted by Gasteiger charge is 2.42. The number of aliphatic hydroxyl groups is 2. The lowest BCUT2D eigenvalue weighted by Crippen LogP contribution is -2.37. The molecule has 1 aromatic heterocycles. The van der Waals surface area contributed by atoms with E-state index in [0.717, 1.165) is 10.6 Å². The summed E-state index contributed by atoms with van der Waals surface area (Å²) >= 11 is 6.34. The molecule has 3 N–H and O–H groups in total. The van der Waals surface area contributed by atoms with Crippen LogP contribution in [0.5, 0.6) is 0 Å². The van der Waals surface area contributed by atoms with Gasteiger partial charge in [0.2, 0.25) is 0 Å². The molecule has 1 aliphatic rings. The zero-order valence-corrected chi connectivity index (χ0v) is 13.7. The van der Waals surface area contributed by atoms with Crippen molar-refractivity contribution in [1.82, 2.24) is 9.55 Å². The lowest BCUT2D eigenvalue weighted by Gasteiger charge is -2.16. The number of nitrogens with one attached hydrogen (secondary N) is 1. The van der Waals surface area contributed by atoms with Crippen molar-refractivity contribution in [3.8, 4) is 0 Å². The first kappa shape index (κ1) is 16.4. The Bertz CT molecular complexity index is 677. The first-order valence-corrected chi connectivity index (χ1v) is 7.51. The van der Waals surface area contributed by atoms with Gasteiger partial charge < -0.3 is 14.9 Å².